The lowest BCUT2D eigenvalue weighted by molar-refractivity contribution is 0.101. The van der Waals surface area contributed by atoms with Crippen molar-refractivity contribution in [2.24, 2.45) is 23.7 Å². The lowest BCUT2D eigenvalue weighted by atomic mass is 9.73. The molecule has 21 heavy (non-hydrogen) atoms. The van der Waals surface area contributed by atoms with Crippen molar-refractivity contribution >= 4 is 0 Å². The lowest BCUT2D eigenvalue weighted by Crippen LogP contribution is -2.48. The van der Waals surface area contributed by atoms with Crippen LogP contribution in [0.15, 0.2) is 0 Å². The normalized spacial score (nSPS) is 32.7. The van der Waals surface area contributed by atoms with Crippen molar-refractivity contribution in [3.05, 3.63) is 0 Å². The molecule has 2 rings (SSSR count). The van der Waals surface area contributed by atoms with E-state index in [1.165, 1.54) is 64.7 Å². The lowest BCUT2D eigenvalue weighted by Gasteiger charge is -2.42. The van der Waals surface area contributed by atoms with Crippen LogP contribution in [0, 0.1) is 23.7 Å². The van der Waals surface area contributed by atoms with Crippen molar-refractivity contribution in [3.63, 3.8) is 0 Å². The number of nitrogens with one attached hydrogen (secondary N) is 1. The first-order chi connectivity index (χ1) is 10.1. The van der Waals surface area contributed by atoms with E-state index in [0.717, 1.165) is 29.7 Å². The molecule has 0 aromatic carbocycles. The minimum absolute atomic E-state index is 0.777. The van der Waals surface area contributed by atoms with Gasteiger partial charge in [-0.15, -0.1) is 0 Å². The molecule has 2 heteroatoms. The third kappa shape index (κ3) is 5.25. The molecular formula is C19H38N2. The summed E-state index contributed by atoms with van der Waals surface area (Å²) in [5.41, 5.74) is 0. The van der Waals surface area contributed by atoms with Crippen molar-refractivity contribution in [1.82, 2.24) is 10.2 Å². The van der Waals surface area contributed by atoms with Crippen molar-refractivity contribution in [2.75, 3.05) is 26.2 Å². The van der Waals surface area contributed by atoms with E-state index >= 15 is 0 Å². The average molecular weight is 295 g/mol. The molecule has 1 N–H and O–H groups in total. The molecule has 0 aromatic heterocycles. The third-order valence-corrected chi connectivity index (χ3v) is 5.99. The highest BCUT2D eigenvalue weighted by atomic mass is 15.1. The van der Waals surface area contributed by atoms with Crippen LogP contribution in [0.5, 0.6) is 0 Å². The number of nitrogens with zero attached hydrogens (tertiary/aromatic N) is 1. The quantitative estimate of drug-likeness (QED) is 0.791. The van der Waals surface area contributed by atoms with E-state index < -0.39 is 0 Å². The zero-order chi connectivity index (χ0) is 15.2. The summed E-state index contributed by atoms with van der Waals surface area (Å²) in [5.74, 6) is 3.65. The predicted molar refractivity (Wildman–Crippen MR) is 92.6 cm³/mol. The van der Waals surface area contributed by atoms with Crippen LogP contribution < -0.4 is 5.32 Å². The molecule has 0 aromatic rings. The molecule has 0 bridgehead atoms. The maximum Gasteiger partial charge on any atom is 0.0108 e. The Hall–Kier alpha value is -0.0800. The van der Waals surface area contributed by atoms with E-state index in [1.54, 1.807) is 0 Å². The summed E-state index contributed by atoms with van der Waals surface area (Å²) in [6.45, 7) is 14.8. The van der Waals surface area contributed by atoms with Gasteiger partial charge in [0.05, 0.1) is 0 Å². The van der Waals surface area contributed by atoms with Gasteiger partial charge in [-0.3, -0.25) is 0 Å². The molecule has 2 fully saturated rings. The molecule has 124 valence electrons. The van der Waals surface area contributed by atoms with Gasteiger partial charge >= 0.3 is 0 Å². The van der Waals surface area contributed by atoms with E-state index in [4.69, 9.17) is 0 Å². The molecule has 1 saturated carbocycles. The number of likely N-dealkylation sites (tertiary alicyclic amines) is 1. The zero-order valence-corrected chi connectivity index (χ0v) is 14.9. The van der Waals surface area contributed by atoms with E-state index in [2.05, 4.69) is 37.9 Å². The summed E-state index contributed by atoms with van der Waals surface area (Å²) in [5, 5.41) is 3.85. The first kappa shape index (κ1) is 17.3. The second-order valence-corrected chi connectivity index (χ2v) is 8.12. The van der Waals surface area contributed by atoms with E-state index in [-0.39, 0.29) is 0 Å². The van der Waals surface area contributed by atoms with Gasteiger partial charge in [-0.1, -0.05) is 27.7 Å². The molecule has 2 aliphatic rings. The summed E-state index contributed by atoms with van der Waals surface area (Å²) in [4.78, 5) is 2.76. The summed E-state index contributed by atoms with van der Waals surface area (Å²) in [6.07, 6.45) is 8.37. The van der Waals surface area contributed by atoms with Gasteiger partial charge in [0.2, 0.25) is 0 Å². The van der Waals surface area contributed by atoms with Crippen LogP contribution >= 0.6 is 0 Å². The molecular weight excluding hydrogens is 256 g/mol. The van der Waals surface area contributed by atoms with E-state index in [1.807, 2.05) is 0 Å². The molecule has 1 aliphatic heterocycles. The first-order valence-corrected chi connectivity index (χ1v) is 9.55. The molecule has 2 nitrogen and oxygen atoms in total. The molecule has 0 amide bonds. The number of hydrogen-bond donors (Lipinski definition) is 1. The topological polar surface area (TPSA) is 15.3 Å². The molecule has 1 aliphatic carbocycles. The summed E-state index contributed by atoms with van der Waals surface area (Å²) < 4.78 is 0. The van der Waals surface area contributed by atoms with E-state index in [9.17, 15) is 0 Å². The van der Waals surface area contributed by atoms with Crippen LogP contribution in [0.25, 0.3) is 0 Å². The summed E-state index contributed by atoms with van der Waals surface area (Å²) >= 11 is 0. The van der Waals surface area contributed by atoms with Gasteiger partial charge in [-0.2, -0.15) is 0 Å². The standard InChI is InChI=1S/C19H38N2/c1-5-10-20-19-7-6-17(15(2)3)13-18(19)14-21-11-8-16(4)9-12-21/h15-20H,5-14H2,1-4H3. The number of rotatable bonds is 6. The smallest absolute Gasteiger partial charge is 0.0108 e. The Morgan fingerprint density at radius 2 is 1.81 bits per heavy atom. The minimum Gasteiger partial charge on any atom is -0.314 e. The maximum absolute atomic E-state index is 3.85. The molecule has 0 radical (unpaired) electrons. The van der Waals surface area contributed by atoms with Crippen LogP contribution in [0.2, 0.25) is 0 Å². The Morgan fingerprint density at radius 3 is 2.43 bits per heavy atom. The predicted octanol–water partition coefficient (Wildman–Crippen LogP) is 4.16. The minimum atomic E-state index is 0.777. The van der Waals surface area contributed by atoms with Gasteiger partial charge in [0.1, 0.15) is 0 Å². The fraction of sp³-hybridized carbons (Fsp3) is 1.00. The zero-order valence-electron chi connectivity index (χ0n) is 14.9. The first-order valence-electron chi connectivity index (χ1n) is 9.55. The monoisotopic (exact) mass is 294 g/mol. The van der Waals surface area contributed by atoms with E-state index in [0.29, 0.717) is 0 Å². The second kappa shape index (κ2) is 8.53. The average Bonchev–Trinajstić information content (AvgIpc) is 2.48. The van der Waals surface area contributed by atoms with Gasteiger partial charge in [0.15, 0.2) is 0 Å². The maximum atomic E-state index is 3.85. The number of piperidine rings is 1. The molecule has 1 heterocycles. The highest BCUT2D eigenvalue weighted by Gasteiger charge is 2.33. The highest BCUT2D eigenvalue weighted by molar-refractivity contribution is 4.88. The van der Waals surface area contributed by atoms with Crippen molar-refractivity contribution < 1.29 is 0 Å². The second-order valence-electron chi connectivity index (χ2n) is 8.12. The van der Waals surface area contributed by atoms with Crippen molar-refractivity contribution in [1.29, 1.82) is 0 Å². The Kier molecular flexibility index (Phi) is 7.01. The van der Waals surface area contributed by atoms with Gasteiger partial charge in [-0.25, -0.2) is 0 Å². The summed E-state index contributed by atoms with van der Waals surface area (Å²) in [7, 11) is 0. The molecule has 0 spiro atoms. The van der Waals surface area contributed by atoms with Crippen LogP contribution in [0.1, 0.15) is 66.2 Å². The highest BCUT2D eigenvalue weighted by Crippen LogP contribution is 2.35. The van der Waals surface area contributed by atoms with Crippen LogP contribution in [-0.2, 0) is 0 Å². The molecule has 1 saturated heterocycles. The van der Waals surface area contributed by atoms with Crippen LogP contribution in [0.4, 0.5) is 0 Å². The summed E-state index contributed by atoms with van der Waals surface area (Å²) in [6, 6.07) is 0.777. The fourth-order valence-corrected chi connectivity index (χ4v) is 4.28. The van der Waals surface area contributed by atoms with Crippen molar-refractivity contribution in [2.45, 2.75) is 72.3 Å². The van der Waals surface area contributed by atoms with Crippen LogP contribution in [-0.4, -0.2) is 37.1 Å². The number of hydrogen-bond acceptors (Lipinski definition) is 2. The Morgan fingerprint density at radius 1 is 1.10 bits per heavy atom. The fourth-order valence-electron chi connectivity index (χ4n) is 4.28. The molecule has 3 unspecified atom stereocenters. The SMILES string of the molecule is CCCNC1CCC(C(C)C)CC1CN1CCC(C)CC1. The van der Waals surface area contributed by atoms with Crippen molar-refractivity contribution in [3.8, 4) is 0 Å². The third-order valence-electron chi connectivity index (χ3n) is 5.99. The Bertz CT molecular complexity index is 281. The largest absolute Gasteiger partial charge is 0.314 e. The molecule has 3 atom stereocenters. The van der Waals surface area contributed by atoms with Gasteiger partial charge in [0, 0.05) is 12.6 Å². The Labute approximate surface area is 133 Å². The van der Waals surface area contributed by atoms with Gasteiger partial charge in [0.25, 0.3) is 0 Å². The van der Waals surface area contributed by atoms with Gasteiger partial charge < -0.3 is 10.2 Å². The van der Waals surface area contributed by atoms with Crippen LogP contribution in [0.3, 0.4) is 0 Å². The van der Waals surface area contributed by atoms with Gasteiger partial charge in [-0.05, 0) is 81.8 Å². The Balaban J connectivity index is 1.89.